The van der Waals surface area contributed by atoms with Crippen LogP contribution in [0.4, 0.5) is 9.18 Å². The number of halogens is 4. The lowest BCUT2D eigenvalue weighted by Gasteiger charge is -2.13. The fourth-order valence-corrected chi connectivity index (χ4v) is 6.33. The maximum Gasteiger partial charge on any atom is 0.293 e. The maximum atomic E-state index is 13.1. The zero-order valence-electron chi connectivity index (χ0n) is 16.9. The summed E-state index contributed by atoms with van der Waals surface area (Å²) in [7, 11) is 0. The molecular weight excluding hydrogens is 735 g/mol. The summed E-state index contributed by atoms with van der Waals surface area (Å²) >= 11 is 8.76. The normalized spacial score (nSPS) is 14.9. The Balaban J connectivity index is 1.49. The fraction of sp³-hybridized carbons (Fsp3) is 0.0833. The molecule has 4 rings (SSSR count). The molecule has 1 heterocycles. The molecule has 2 amide bonds. The van der Waals surface area contributed by atoms with Gasteiger partial charge in [0.25, 0.3) is 11.1 Å². The summed E-state index contributed by atoms with van der Waals surface area (Å²) < 4.78 is 22.0. The van der Waals surface area contributed by atoms with Crippen molar-refractivity contribution in [2.45, 2.75) is 13.2 Å². The van der Waals surface area contributed by atoms with Gasteiger partial charge in [-0.05, 0) is 116 Å². The molecule has 0 atom stereocenters. The third kappa shape index (κ3) is 6.17. The van der Waals surface area contributed by atoms with E-state index in [0.717, 1.165) is 40.3 Å². The van der Waals surface area contributed by atoms with Gasteiger partial charge in [-0.25, -0.2) is 4.39 Å². The standard InChI is InChI=1S/C24H15BrFI2NO3S/c25-17-5-1-15(2-6-17)13-32-22-19(27)9-16(10-20(22)28)11-21-23(30)29(24(31)33-21)12-14-3-7-18(26)8-4-14/h1-11H,12-13H2. The Morgan fingerprint density at radius 1 is 0.970 bits per heavy atom. The molecule has 9 heteroatoms. The summed E-state index contributed by atoms with van der Waals surface area (Å²) in [6.45, 7) is 0.557. The fourth-order valence-electron chi connectivity index (χ4n) is 3.10. The van der Waals surface area contributed by atoms with E-state index in [1.165, 1.54) is 17.0 Å². The zero-order chi connectivity index (χ0) is 23.5. The SMILES string of the molecule is O=C1SC(=Cc2cc(I)c(OCc3ccc(Br)cc3)c(I)c2)C(=O)N1Cc1ccc(F)cc1. The molecular formula is C24H15BrFI2NO3S. The van der Waals surface area contributed by atoms with Gasteiger partial charge in [0.05, 0.1) is 18.6 Å². The molecule has 0 N–H and O–H groups in total. The molecule has 1 aliphatic heterocycles. The minimum atomic E-state index is -0.360. The van der Waals surface area contributed by atoms with E-state index in [-0.39, 0.29) is 23.5 Å². The van der Waals surface area contributed by atoms with Crippen LogP contribution in [0.1, 0.15) is 16.7 Å². The number of benzene rings is 3. The Labute approximate surface area is 230 Å². The molecule has 0 bridgehead atoms. The second-order valence-corrected chi connectivity index (χ2v) is 11.4. The van der Waals surface area contributed by atoms with E-state index in [1.807, 2.05) is 36.4 Å². The van der Waals surface area contributed by atoms with Crippen LogP contribution < -0.4 is 4.74 Å². The summed E-state index contributed by atoms with van der Waals surface area (Å²) in [5, 5.41) is -0.338. The van der Waals surface area contributed by atoms with Gasteiger partial charge >= 0.3 is 0 Å². The van der Waals surface area contributed by atoms with Crippen molar-refractivity contribution in [2.24, 2.45) is 0 Å². The molecule has 0 radical (unpaired) electrons. The lowest BCUT2D eigenvalue weighted by atomic mass is 10.2. The average Bonchev–Trinajstić information content (AvgIpc) is 3.03. The third-order valence-electron chi connectivity index (χ3n) is 4.74. The van der Waals surface area contributed by atoms with Gasteiger partial charge < -0.3 is 4.74 Å². The Bertz CT molecular complexity index is 1230. The van der Waals surface area contributed by atoms with Gasteiger partial charge in [0.1, 0.15) is 18.2 Å². The molecule has 3 aromatic carbocycles. The van der Waals surface area contributed by atoms with Crippen LogP contribution in [0.15, 0.2) is 70.0 Å². The van der Waals surface area contributed by atoms with Gasteiger partial charge in [0.2, 0.25) is 0 Å². The van der Waals surface area contributed by atoms with Crippen molar-refractivity contribution < 1.29 is 18.7 Å². The lowest BCUT2D eigenvalue weighted by Crippen LogP contribution is -2.27. The molecule has 0 spiro atoms. The van der Waals surface area contributed by atoms with Crippen LogP contribution in [-0.2, 0) is 17.9 Å². The van der Waals surface area contributed by atoms with Crippen LogP contribution in [0, 0.1) is 13.0 Å². The van der Waals surface area contributed by atoms with Crippen molar-refractivity contribution in [3.8, 4) is 5.75 Å². The smallest absolute Gasteiger partial charge is 0.293 e. The van der Waals surface area contributed by atoms with Crippen molar-refractivity contribution in [3.05, 3.63) is 99.7 Å². The highest BCUT2D eigenvalue weighted by Gasteiger charge is 2.35. The Hall–Kier alpha value is -1.44. The number of imide groups is 1. The molecule has 3 aromatic rings. The van der Waals surface area contributed by atoms with Crippen molar-refractivity contribution in [1.29, 1.82) is 0 Å². The van der Waals surface area contributed by atoms with E-state index in [1.54, 1.807) is 18.2 Å². The van der Waals surface area contributed by atoms with Crippen LogP contribution in [-0.4, -0.2) is 16.0 Å². The minimum Gasteiger partial charge on any atom is -0.487 e. The first kappa shape index (κ1) is 24.7. The second kappa shape index (κ2) is 10.9. The number of thioether (sulfide) groups is 1. The highest BCUT2D eigenvalue weighted by atomic mass is 127. The first-order valence-electron chi connectivity index (χ1n) is 9.66. The summed E-state index contributed by atoms with van der Waals surface area (Å²) in [6.07, 6.45) is 1.72. The van der Waals surface area contributed by atoms with Crippen LogP contribution in [0.3, 0.4) is 0 Å². The van der Waals surface area contributed by atoms with E-state index < -0.39 is 0 Å². The lowest BCUT2D eigenvalue weighted by molar-refractivity contribution is -0.123. The van der Waals surface area contributed by atoms with Gasteiger partial charge in [-0.1, -0.05) is 40.2 Å². The Morgan fingerprint density at radius 3 is 2.21 bits per heavy atom. The number of ether oxygens (including phenoxy) is 1. The molecule has 1 fully saturated rings. The topological polar surface area (TPSA) is 46.6 Å². The van der Waals surface area contributed by atoms with Gasteiger partial charge in [0.15, 0.2) is 0 Å². The Kier molecular flexibility index (Phi) is 8.13. The van der Waals surface area contributed by atoms with E-state index in [2.05, 4.69) is 61.1 Å². The van der Waals surface area contributed by atoms with Crippen LogP contribution in [0.25, 0.3) is 6.08 Å². The highest BCUT2D eigenvalue weighted by Crippen LogP contribution is 2.35. The van der Waals surface area contributed by atoms with Crippen molar-refractivity contribution >= 4 is 90.1 Å². The number of hydrogen-bond donors (Lipinski definition) is 0. The average molecular weight is 750 g/mol. The maximum absolute atomic E-state index is 13.1. The number of carbonyl (C=O) groups excluding carboxylic acids is 2. The van der Waals surface area contributed by atoms with Crippen molar-refractivity contribution in [3.63, 3.8) is 0 Å². The first-order valence-corrected chi connectivity index (χ1v) is 13.4. The predicted molar refractivity (Wildman–Crippen MR) is 148 cm³/mol. The van der Waals surface area contributed by atoms with Gasteiger partial charge in [-0.2, -0.15) is 0 Å². The molecule has 168 valence electrons. The molecule has 1 aliphatic rings. The van der Waals surface area contributed by atoms with E-state index >= 15 is 0 Å². The molecule has 0 unspecified atom stereocenters. The number of amides is 2. The summed E-state index contributed by atoms with van der Waals surface area (Å²) in [5.41, 5.74) is 2.56. The van der Waals surface area contributed by atoms with Gasteiger partial charge in [-0.15, -0.1) is 0 Å². The quantitative estimate of drug-likeness (QED) is 0.192. The molecule has 0 aromatic heterocycles. The van der Waals surface area contributed by atoms with E-state index in [4.69, 9.17) is 4.74 Å². The number of carbonyl (C=O) groups is 2. The highest BCUT2D eigenvalue weighted by molar-refractivity contribution is 14.1. The first-order chi connectivity index (χ1) is 15.8. The van der Waals surface area contributed by atoms with Crippen molar-refractivity contribution in [1.82, 2.24) is 4.90 Å². The summed E-state index contributed by atoms with van der Waals surface area (Å²) in [5.74, 6) is 0.0665. The minimum absolute atomic E-state index is 0.111. The van der Waals surface area contributed by atoms with Crippen molar-refractivity contribution in [2.75, 3.05) is 0 Å². The largest absolute Gasteiger partial charge is 0.487 e. The summed E-state index contributed by atoms with van der Waals surface area (Å²) in [4.78, 5) is 26.8. The van der Waals surface area contributed by atoms with Crippen LogP contribution >= 0.6 is 72.9 Å². The molecule has 0 aliphatic carbocycles. The van der Waals surface area contributed by atoms with E-state index in [0.29, 0.717) is 17.1 Å². The Morgan fingerprint density at radius 2 is 1.58 bits per heavy atom. The number of hydrogen-bond acceptors (Lipinski definition) is 4. The molecule has 4 nitrogen and oxygen atoms in total. The van der Waals surface area contributed by atoms with Crippen LogP contribution in [0.5, 0.6) is 5.75 Å². The molecule has 33 heavy (non-hydrogen) atoms. The zero-order valence-corrected chi connectivity index (χ0v) is 23.6. The monoisotopic (exact) mass is 749 g/mol. The third-order valence-corrected chi connectivity index (χ3v) is 7.78. The predicted octanol–water partition coefficient (Wildman–Crippen LogP) is 7.61. The van der Waals surface area contributed by atoms with Gasteiger partial charge in [-0.3, -0.25) is 14.5 Å². The number of rotatable bonds is 6. The molecule has 1 saturated heterocycles. The summed E-state index contributed by atoms with van der Waals surface area (Å²) in [6, 6.07) is 17.6. The number of nitrogens with zero attached hydrogens (tertiary/aromatic N) is 1. The second-order valence-electron chi connectivity index (χ2n) is 7.12. The van der Waals surface area contributed by atoms with Crippen LogP contribution in [0.2, 0.25) is 0 Å². The van der Waals surface area contributed by atoms with Gasteiger partial charge in [0, 0.05) is 4.47 Å². The molecule has 0 saturated carbocycles. The van der Waals surface area contributed by atoms with E-state index in [9.17, 15) is 14.0 Å².